The second kappa shape index (κ2) is 9.49. The van der Waals surface area contributed by atoms with Crippen molar-refractivity contribution in [3.05, 3.63) is 0 Å². The summed E-state index contributed by atoms with van der Waals surface area (Å²) >= 11 is 0. The number of carbonyl (C=O) groups excluding carboxylic acids is 2. The Kier molecular flexibility index (Phi) is 8.82. The predicted molar refractivity (Wildman–Crippen MR) is 56.4 cm³/mol. The summed E-state index contributed by atoms with van der Waals surface area (Å²) < 4.78 is 9.48. The van der Waals surface area contributed by atoms with Gasteiger partial charge in [-0.1, -0.05) is 26.2 Å². The maximum absolute atomic E-state index is 11.0. The molecule has 0 radical (unpaired) electrons. The van der Waals surface area contributed by atoms with Crippen LogP contribution in [-0.4, -0.2) is 25.2 Å². The van der Waals surface area contributed by atoms with Crippen LogP contribution in [0.2, 0.25) is 0 Å². The summed E-state index contributed by atoms with van der Waals surface area (Å²) in [4.78, 5) is 21.9. The van der Waals surface area contributed by atoms with E-state index in [0.29, 0.717) is 13.2 Å². The third-order valence-corrected chi connectivity index (χ3v) is 1.85. The van der Waals surface area contributed by atoms with Crippen molar-refractivity contribution in [2.75, 3.05) is 13.2 Å². The Morgan fingerprint density at radius 1 is 0.933 bits per heavy atom. The molecule has 0 aromatic rings. The highest BCUT2D eigenvalue weighted by atomic mass is 16.6. The average molecular weight is 216 g/mol. The third-order valence-electron chi connectivity index (χ3n) is 1.85. The van der Waals surface area contributed by atoms with E-state index < -0.39 is 11.9 Å². The van der Waals surface area contributed by atoms with Gasteiger partial charge in [-0.15, -0.1) is 0 Å². The van der Waals surface area contributed by atoms with Crippen LogP contribution < -0.4 is 0 Å². The lowest BCUT2D eigenvalue weighted by Crippen LogP contribution is -2.14. The lowest BCUT2D eigenvalue weighted by molar-refractivity contribution is -0.154. The molecule has 0 aliphatic rings. The molecular formula is C11H20O4. The highest BCUT2D eigenvalue weighted by Gasteiger charge is 2.10. The zero-order chi connectivity index (χ0) is 11.5. The van der Waals surface area contributed by atoms with E-state index in [4.69, 9.17) is 4.74 Å². The second-order valence-corrected chi connectivity index (χ2v) is 3.26. The summed E-state index contributed by atoms with van der Waals surface area (Å²) in [6.07, 6.45) is 3.94. The Morgan fingerprint density at radius 3 is 2.20 bits per heavy atom. The van der Waals surface area contributed by atoms with Crippen molar-refractivity contribution in [1.82, 2.24) is 0 Å². The van der Waals surface area contributed by atoms with Crippen molar-refractivity contribution >= 4 is 11.9 Å². The summed E-state index contributed by atoms with van der Waals surface area (Å²) in [6.45, 7) is 4.52. The van der Waals surface area contributed by atoms with Crippen LogP contribution in [-0.2, 0) is 19.1 Å². The predicted octanol–water partition coefficient (Wildman–Crippen LogP) is 2.06. The van der Waals surface area contributed by atoms with Gasteiger partial charge in [-0.05, 0) is 13.3 Å². The molecule has 0 aliphatic carbocycles. The third kappa shape index (κ3) is 9.25. The molecule has 0 aromatic heterocycles. The molecule has 0 saturated carbocycles. The van der Waals surface area contributed by atoms with E-state index in [1.165, 1.54) is 0 Å². The number of hydrogen-bond donors (Lipinski definition) is 0. The highest BCUT2D eigenvalue weighted by Crippen LogP contribution is 2.00. The van der Waals surface area contributed by atoms with Crippen molar-refractivity contribution in [1.29, 1.82) is 0 Å². The quantitative estimate of drug-likeness (QED) is 0.354. The van der Waals surface area contributed by atoms with Gasteiger partial charge in [-0.3, -0.25) is 9.59 Å². The first kappa shape index (κ1) is 13.9. The van der Waals surface area contributed by atoms with Crippen molar-refractivity contribution in [2.24, 2.45) is 0 Å². The summed E-state index contributed by atoms with van der Waals surface area (Å²) in [6, 6.07) is 0. The molecule has 0 unspecified atom stereocenters. The second-order valence-electron chi connectivity index (χ2n) is 3.26. The number of rotatable bonds is 8. The first-order valence-electron chi connectivity index (χ1n) is 5.52. The van der Waals surface area contributed by atoms with Crippen LogP contribution in [0.4, 0.5) is 0 Å². The van der Waals surface area contributed by atoms with E-state index in [9.17, 15) is 9.59 Å². The van der Waals surface area contributed by atoms with Crippen LogP contribution in [0.3, 0.4) is 0 Å². The zero-order valence-corrected chi connectivity index (χ0v) is 9.58. The minimum atomic E-state index is -0.518. The molecule has 0 atom stereocenters. The van der Waals surface area contributed by atoms with E-state index in [2.05, 4.69) is 11.7 Å². The Hall–Kier alpha value is -1.06. The molecule has 0 aromatic carbocycles. The van der Waals surface area contributed by atoms with Gasteiger partial charge in [0.05, 0.1) is 13.2 Å². The van der Waals surface area contributed by atoms with Gasteiger partial charge >= 0.3 is 11.9 Å². The van der Waals surface area contributed by atoms with Crippen LogP contribution in [0.5, 0.6) is 0 Å². The molecule has 0 aliphatic heterocycles. The molecule has 0 N–H and O–H groups in total. The van der Waals surface area contributed by atoms with Gasteiger partial charge in [0.1, 0.15) is 6.42 Å². The Bertz CT molecular complexity index is 189. The fraction of sp³-hybridized carbons (Fsp3) is 0.818. The molecule has 0 amide bonds. The number of hydrogen-bond acceptors (Lipinski definition) is 4. The zero-order valence-electron chi connectivity index (χ0n) is 9.58. The first-order chi connectivity index (χ1) is 7.20. The number of carbonyl (C=O) groups is 2. The lowest BCUT2D eigenvalue weighted by atomic mass is 10.2. The number of esters is 2. The van der Waals surface area contributed by atoms with E-state index >= 15 is 0 Å². The van der Waals surface area contributed by atoms with Crippen molar-refractivity contribution in [3.63, 3.8) is 0 Å². The topological polar surface area (TPSA) is 52.6 Å². The number of unbranched alkanes of at least 4 members (excludes halogenated alkanes) is 3. The van der Waals surface area contributed by atoms with E-state index in [0.717, 1.165) is 25.7 Å². The molecule has 0 fully saturated rings. The van der Waals surface area contributed by atoms with Crippen LogP contribution in [0.15, 0.2) is 0 Å². The van der Waals surface area contributed by atoms with Gasteiger partial charge in [0.2, 0.25) is 0 Å². The van der Waals surface area contributed by atoms with Gasteiger partial charge in [0.15, 0.2) is 0 Å². The average Bonchev–Trinajstić information content (AvgIpc) is 2.17. The van der Waals surface area contributed by atoms with Crippen molar-refractivity contribution in [3.8, 4) is 0 Å². The van der Waals surface area contributed by atoms with Crippen LogP contribution in [0.25, 0.3) is 0 Å². The molecular weight excluding hydrogens is 196 g/mol. The van der Waals surface area contributed by atoms with Crippen LogP contribution >= 0.6 is 0 Å². The monoisotopic (exact) mass is 216 g/mol. The Balaban J connectivity index is 3.37. The lowest BCUT2D eigenvalue weighted by Gasteiger charge is -2.04. The standard InChI is InChI=1S/C11H20O4/c1-3-5-6-7-8-15-11(13)9-10(12)14-4-2/h3-9H2,1-2H3. The summed E-state index contributed by atoms with van der Waals surface area (Å²) in [7, 11) is 0. The summed E-state index contributed by atoms with van der Waals surface area (Å²) in [5, 5.41) is 0. The minimum absolute atomic E-state index is 0.276. The molecule has 0 saturated heterocycles. The van der Waals surface area contributed by atoms with Crippen LogP contribution in [0, 0.1) is 0 Å². The maximum Gasteiger partial charge on any atom is 0.317 e. The van der Waals surface area contributed by atoms with Gasteiger partial charge in [-0.2, -0.15) is 0 Å². The van der Waals surface area contributed by atoms with E-state index in [1.807, 2.05) is 0 Å². The smallest absolute Gasteiger partial charge is 0.317 e. The fourth-order valence-electron chi connectivity index (χ4n) is 1.10. The largest absolute Gasteiger partial charge is 0.466 e. The SMILES string of the molecule is CCCCCCOC(=O)CC(=O)OCC. The Labute approximate surface area is 90.9 Å². The van der Waals surface area contributed by atoms with Gasteiger partial charge < -0.3 is 9.47 Å². The molecule has 0 heterocycles. The molecule has 88 valence electrons. The molecule has 4 nitrogen and oxygen atoms in total. The van der Waals surface area contributed by atoms with Gasteiger partial charge in [0.25, 0.3) is 0 Å². The van der Waals surface area contributed by atoms with Crippen molar-refractivity contribution < 1.29 is 19.1 Å². The molecule has 4 heteroatoms. The molecule has 15 heavy (non-hydrogen) atoms. The van der Waals surface area contributed by atoms with Crippen LogP contribution in [0.1, 0.15) is 46.0 Å². The summed E-state index contributed by atoms with van der Waals surface area (Å²) in [5.74, 6) is -1.01. The summed E-state index contributed by atoms with van der Waals surface area (Å²) in [5.41, 5.74) is 0. The molecule has 0 spiro atoms. The van der Waals surface area contributed by atoms with E-state index in [1.54, 1.807) is 6.92 Å². The minimum Gasteiger partial charge on any atom is -0.466 e. The van der Waals surface area contributed by atoms with Gasteiger partial charge in [0, 0.05) is 0 Å². The van der Waals surface area contributed by atoms with Crippen molar-refractivity contribution in [2.45, 2.75) is 46.0 Å². The fourth-order valence-corrected chi connectivity index (χ4v) is 1.10. The Morgan fingerprint density at radius 2 is 1.60 bits per heavy atom. The number of ether oxygens (including phenoxy) is 2. The maximum atomic E-state index is 11.0. The van der Waals surface area contributed by atoms with Gasteiger partial charge in [-0.25, -0.2) is 0 Å². The molecule has 0 bridgehead atoms. The molecule has 0 rings (SSSR count). The van der Waals surface area contributed by atoms with E-state index in [-0.39, 0.29) is 6.42 Å². The normalized spacial score (nSPS) is 9.73. The highest BCUT2D eigenvalue weighted by molar-refractivity contribution is 5.91. The first-order valence-corrected chi connectivity index (χ1v) is 5.52.